The van der Waals surface area contributed by atoms with E-state index in [1.54, 1.807) is 12.1 Å². The summed E-state index contributed by atoms with van der Waals surface area (Å²) in [4.78, 5) is 16.3. The summed E-state index contributed by atoms with van der Waals surface area (Å²) in [7, 11) is 0. The van der Waals surface area contributed by atoms with Crippen molar-refractivity contribution in [3.8, 4) is 5.75 Å². The molecule has 2 heterocycles. The number of furan rings is 1. The average molecular weight is 379 g/mol. The van der Waals surface area contributed by atoms with Gasteiger partial charge in [0, 0.05) is 37.2 Å². The molecule has 6 heteroatoms. The highest BCUT2D eigenvalue weighted by atomic mass is 79.9. The maximum absolute atomic E-state index is 12.2. The third-order valence-electron chi connectivity index (χ3n) is 3.86. The fraction of sp³-hybridized carbons (Fsp3) is 0.353. The van der Waals surface area contributed by atoms with Crippen molar-refractivity contribution in [3.63, 3.8) is 0 Å². The predicted octanol–water partition coefficient (Wildman–Crippen LogP) is 2.88. The van der Waals surface area contributed by atoms with Gasteiger partial charge in [-0.05, 0) is 30.3 Å². The van der Waals surface area contributed by atoms with Crippen molar-refractivity contribution in [1.29, 1.82) is 0 Å². The smallest absolute Gasteiger partial charge is 0.289 e. The first-order chi connectivity index (χ1) is 11.2. The summed E-state index contributed by atoms with van der Waals surface area (Å²) in [5, 5.41) is 0. The summed E-state index contributed by atoms with van der Waals surface area (Å²) in [6, 6.07) is 11.3. The van der Waals surface area contributed by atoms with Gasteiger partial charge in [-0.15, -0.1) is 0 Å². The van der Waals surface area contributed by atoms with Crippen molar-refractivity contribution in [3.05, 3.63) is 52.9 Å². The number of piperazine rings is 1. The maximum Gasteiger partial charge on any atom is 0.289 e. The van der Waals surface area contributed by atoms with Gasteiger partial charge in [-0.1, -0.05) is 22.0 Å². The van der Waals surface area contributed by atoms with E-state index in [2.05, 4.69) is 20.8 Å². The van der Waals surface area contributed by atoms with Crippen LogP contribution in [0.4, 0.5) is 0 Å². The topological polar surface area (TPSA) is 45.9 Å². The van der Waals surface area contributed by atoms with E-state index in [9.17, 15) is 4.79 Å². The molecule has 1 aliphatic rings. The molecule has 1 aromatic carbocycles. The zero-order valence-electron chi connectivity index (χ0n) is 12.8. The molecule has 1 saturated heterocycles. The lowest BCUT2D eigenvalue weighted by Crippen LogP contribution is -2.49. The molecular weight excluding hydrogens is 360 g/mol. The Balaban J connectivity index is 1.40. The van der Waals surface area contributed by atoms with Crippen LogP contribution in [-0.4, -0.2) is 55.0 Å². The Kier molecular flexibility index (Phi) is 5.35. The molecule has 1 aliphatic heterocycles. The van der Waals surface area contributed by atoms with Gasteiger partial charge in [0.15, 0.2) is 5.76 Å². The first-order valence-corrected chi connectivity index (χ1v) is 8.45. The van der Waals surface area contributed by atoms with Gasteiger partial charge in [0.05, 0.1) is 6.26 Å². The fourth-order valence-corrected chi connectivity index (χ4v) is 2.96. The highest BCUT2D eigenvalue weighted by Crippen LogP contribution is 2.17. The van der Waals surface area contributed by atoms with E-state index in [-0.39, 0.29) is 5.91 Å². The van der Waals surface area contributed by atoms with Crippen molar-refractivity contribution in [1.82, 2.24) is 9.80 Å². The van der Waals surface area contributed by atoms with E-state index < -0.39 is 0 Å². The van der Waals surface area contributed by atoms with Crippen LogP contribution in [0.2, 0.25) is 0 Å². The Morgan fingerprint density at radius 3 is 2.70 bits per heavy atom. The van der Waals surface area contributed by atoms with Crippen LogP contribution in [0.25, 0.3) is 0 Å². The number of amides is 1. The number of nitrogens with zero attached hydrogens (tertiary/aromatic N) is 2. The van der Waals surface area contributed by atoms with Gasteiger partial charge in [0.2, 0.25) is 0 Å². The lowest BCUT2D eigenvalue weighted by molar-refractivity contribution is 0.0590. The Hall–Kier alpha value is -1.79. The number of halogens is 1. The molecule has 0 bridgehead atoms. The predicted molar refractivity (Wildman–Crippen MR) is 90.7 cm³/mol. The maximum atomic E-state index is 12.2. The summed E-state index contributed by atoms with van der Waals surface area (Å²) in [6.45, 7) is 4.65. The van der Waals surface area contributed by atoms with E-state index >= 15 is 0 Å². The summed E-state index contributed by atoms with van der Waals surface area (Å²) in [5.41, 5.74) is 0. The van der Waals surface area contributed by atoms with Crippen molar-refractivity contribution in [2.75, 3.05) is 39.3 Å². The first kappa shape index (κ1) is 16.1. The standard InChI is InChI=1S/C17H19BrN2O3/c18-14-3-1-4-15(13-14)22-12-10-19-6-8-20(9-7-19)17(21)16-5-2-11-23-16/h1-5,11,13H,6-10,12H2. The highest BCUT2D eigenvalue weighted by molar-refractivity contribution is 9.10. The van der Waals surface area contributed by atoms with Gasteiger partial charge in [0.1, 0.15) is 12.4 Å². The minimum Gasteiger partial charge on any atom is -0.492 e. The SMILES string of the molecule is O=C(c1ccco1)N1CCN(CCOc2cccc(Br)c2)CC1. The number of hydrogen-bond acceptors (Lipinski definition) is 4. The molecule has 3 rings (SSSR count). The number of ether oxygens (including phenoxy) is 1. The molecule has 1 aromatic heterocycles. The number of carbonyl (C=O) groups is 1. The highest BCUT2D eigenvalue weighted by Gasteiger charge is 2.23. The van der Waals surface area contributed by atoms with Crippen LogP contribution in [0.5, 0.6) is 5.75 Å². The summed E-state index contributed by atoms with van der Waals surface area (Å²) < 4.78 is 11.9. The molecule has 0 spiro atoms. The minimum atomic E-state index is -0.0277. The molecule has 5 nitrogen and oxygen atoms in total. The van der Waals surface area contributed by atoms with Crippen molar-refractivity contribution in [2.45, 2.75) is 0 Å². The lowest BCUT2D eigenvalue weighted by Gasteiger charge is -2.34. The molecule has 23 heavy (non-hydrogen) atoms. The zero-order chi connectivity index (χ0) is 16.1. The monoisotopic (exact) mass is 378 g/mol. The molecule has 1 amide bonds. The molecule has 0 radical (unpaired) electrons. The third-order valence-corrected chi connectivity index (χ3v) is 4.36. The van der Waals surface area contributed by atoms with Crippen molar-refractivity contribution < 1.29 is 13.9 Å². The normalized spacial score (nSPS) is 15.6. The second-order valence-electron chi connectivity index (χ2n) is 5.42. The molecule has 1 fully saturated rings. The Morgan fingerprint density at radius 1 is 1.17 bits per heavy atom. The summed E-state index contributed by atoms with van der Waals surface area (Å²) in [5.74, 6) is 1.25. The Labute approximate surface area is 143 Å². The van der Waals surface area contributed by atoms with E-state index in [1.165, 1.54) is 6.26 Å². The van der Waals surface area contributed by atoms with Crippen LogP contribution in [-0.2, 0) is 0 Å². The minimum absolute atomic E-state index is 0.0277. The second kappa shape index (κ2) is 7.66. The molecule has 0 N–H and O–H groups in total. The van der Waals surface area contributed by atoms with Crippen LogP contribution < -0.4 is 4.74 Å². The molecule has 122 valence electrons. The largest absolute Gasteiger partial charge is 0.492 e. The molecule has 0 atom stereocenters. The summed E-state index contributed by atoms with van der Waals surface area (Å²) in [6.07, 6.45) is 1.53. The van der Waals surface area contributed by atoms with E-state index in [0.29, 0.717) is 12.4 Å². The zero-order valence-corrected chi connectivity index (χ0v) is 14.4. The van der Waals surface area contributed by atoms with Crippen molar-refractivity contribution >= 4 is 21.8 Å². The molecule has 0 saturated carbocycles. The van der Waals surface area contributed by atoms with Gasteiger partial charge in [0.25, 0.3) is 5.91 Å². The number of benzene rings is 1. The lowest BCUT2D eigenvalue weighted by atomic mass is 10.3. The van der Waals surface area contributed by atoms with Crippen molar-refractivity contribution in [2.24, 2.45) is 0 Å². The van der Waals surface area contributed by atoms with E-state index in [4.69, 9.17) is 9.15 Å². The van der Waals surface area contributed by atoms with Gasteiger partial charge < -0.3 is 14.1 Å². The quantitative estimate of drug-likeness (QED) is 0.802. The van der Waals surface area contributed by atoms with Crippen LogP contribution >= 0.6 is 15.9 Å². The van der Waals surface area contributed by atoms with Gasteiger partial charge >= 0.3 is 0 Å². The molecular formula is C17H19BrN2O3. The summed E-state index contributed by atoms with van der Waals surface area (Å²) >= 11 is 3.43. The van der Waals surface area contributed by atoms with Gasteiger partial charge in [-0.2, -0.15) is 0 Å². The van der Waals surface area contributed by atoms with Gasteiger partial charge in [-0.3, -0.25) is 9.69 Å². The van der Waals surface area contributed by atoms with Gasteiger partial charge in [-0.25, -0.2) is 0 Å². The number of rotatable bonds is 5. The first-order valence-electron chi connectivity index (χ1n) is 7.66. The Bertz CT molecular complexity index is 637. The average Bonchev–Trinajstić information content (AvgIpc) is 3.09. The molecule has 2 aromatic rings. The third kappa shape index (κ3) is 4.36. The fourth-order valence-electron chi connectivity index (χ4n) is 2.58. The molecule has 0 aliphatic carbocycles. The number of hydrogen-bond donors (Lipinski definition) is 0. The van der Waals surface area contributed by atoms with E-state index in [1.807, 2.05) is 29.2 Å². The van der Waals surface area contributed by atoms with E-state index in [0.717, 1.165) is 42.9 Å². The molecule has 0 unspecified atom stereocenters. The van der Waals surface area contributed by atoms with Crippen LogP contribution in [0.15, 0.2) is 51.6 Å². The van der Waals surface area contributed by atoms with Crippen LogP contribution in [0.1, 0.15) is 10.6 Å². The second-order valence-corrected chi connectivity index (χ2v) is 6.33. The number of carbonyl (C=O) groups excluding carboxylic acids is 1. The van der Waals surface area contributed by atoms with Crippen LogP contribution in [0.3, 0.4) is 0 Å². The van der Waals surface area contributed by atoms with Crippen LogP contribution in [0, 0.1) is 0 Å². The Morgan fingerprint density at radius 2 is 2.00 bits per heavy atom.